The first-order chi connectivity index (χ1) is 9.33. The van der Waals surface area contributed by atoms with Crippen molar-refractivity contribution in [3.8, 4) is 17.1 Å². The lowest BCUT2D eigenvalue weighted by Gasteiger charge is -2.08. The van der Waals surface area contributed by atoms with E-state index >= 15 is 0 Å². The number of H-pyrrole nitrogens is 1. The molecule has 0 amide bonds. The normalized spacial score (nSPS) is 10.6. The van der Waals surface area contributed by atoms with Gasteiger partial charge in [-0.05, 0) is 12.1 Å². The third kappa shape index (κ3) is 1.87. The van der Waals surface area contributed by atoms with E-state index in [0.717, 1.165) is 16.8 Å². The van der Waals surface area contributed by atoms with Crippen LogP contribution in [-0.2, 0) is 0 Å². The molecule has 3 rings (SSSR count). The molecule has 2 aromatic heterocycles. The van der Waals surface area contributed by atoms with E-state index in [9.17, 15) is 0 Å². The average Bonchev–Trinajstić information content (AvgIpc) is 2.94. The molecule has 3 aromatic rings. The molecule has 0 radical (unpaired) electrons. The summed E-state index contributed by atoms with van der Waals surface area (Å²) in [7, 11) is 3.44. The monoisotopic (exact) mass is 255 g/mol. The van der Waals surface area contributed by atoms with Crippen LogP contribution in [-0.4, -0.2) is 34.1 Å². The van der Waals surface area contributed by atoms with E-state index in [0.29, 0.717) is 17.3 Å². The van der Waals surface area contributed by atoms with Crippen molar-refractivity contribution >= 4 is 17.0 Å². The molecule has 0 atom stereocenters. The molecule has 0 spiro atoms. The molecule has 0 aliphatic rings. The maximum atomic E-state index is 5.34. The van der Waals surface area contributed by atoms with Crippen molar-refractivity contribution in [1.82, 2.24) is 19.9 Å². The lowest BCUT2D eigenvalue weighted by molar-refractivity contribution is 0.416. The van der Waals surface area contributed by atoms with Gasteiger partial charge in [0.1, 0.15) is 11.3 Å². The Kier molecular flexibility index (Phi) is 2.75. The van der Waals surface area contributed by atoms with Gasteiger partial charge in [0.25, 0.3) is 0 Å². The van der Waals surface area contributed by atoms with Gasteiger partial charge in [-0.1, -0.05) is 12.1 Å². The molecule has 19 heavy (non-hydrogen) atoms. The topological polar surface area (TPSA) is 75.7 Å². The standard InChI is InChI=1S/C13H13N5O/c1-14-12-10-13(16-7-15-10)18-11(17-12)8-5-3-4-6-9(8)19-2/h3-7H,1-2H3,(H2,14,15,16,17,18). The van der Waals surface area contributed by atoms with Gasteiger partial charge in [0.05, 0.1) is 19.0 Å². The average molecular weight is 255 g/mol. The largest absolute Gasteiger partial charge is 0.496 e. The Hall–Kier alpha value is -2.63. The number of hydrogen-bond acceptors (Lipinski definition) is 5. The number of ether oxygens (including phenoxy) is 1. The number of fused-ring (bicyclic) bond motifs is 1. The molecule has 1 aromatic carbocycles. The first kappa shape index (κ1) is 11.5. The Morgan fingerprint density at radius 2 is 2.05 bits per heavy atom. The summed E-state index contributed by atoms with van der Waals surface area (Å²) in [6, 6.07) is 7.64. The van der Waals surface area contributed by atoms with Gasteiger partial charge in [0.2, 0.25) is 0 Å². The number of aromatic nitrogens is 4. The van der Waals surface area contributed by atoms with Crippen LogP contribution >= 0.6 is 0 Å². The zero-order valence-electron chi connectivity index (χ0n) is 10.6. The van der Waals surface area contributed by atoms with Crippen molar-refractivity contribution in [2.75, 3.05) is 19.5 Å². The fourth-order valence-electron chi connectivity index (χ4n) is 1.96. The predicted molar refractivity (Wildman–Crippen MR) is 73.2 cm³/mol. The third-order valence-electron chi connectivity index (χ3n) is 2.87. The number of aromatic amines is 1. The van der Waals surface area contributed by atoms with Crippen LogP contribution in [0, 0.1) is 0 Å². The summed E-state index contributed by atoms with van der Waals surface area (Å²) in [6.07, 6.45) is 1.60. The molecule has 2 heterocycles. The molecule has 0 bridgehead atoms. The second-order valence-corrected chi connectivity index (χ2v) is 3.95. The molecule has 0 aliphatic carbocycles. The Labute approximate surface area is 109 Å². The number of methoxy groups -OCH3 is 1. The molecule has 0 saturated heterocycles. The van der Waals surface area contributed by atoms with E-state index in [2.05, 4.69) is 25.3 Å². The summed E-state index contributed by atoms with van der Waals surface area (Å²) >= 11 is 0. The zero-order valence-corrected chi connectivity index (χ0v) is 10.6. The van der Waals surface area contributed by atoms with E-state index < -0.39 is 0 Å². The highest BCUT2D eigenvalue weighted by Crippen LogP contribution is 2.29. The number of imidazole rings is 1. The molecule has 0 unspecified atom stereocenters. The molecule has 6 heteroatoms. The summed E-state index contributed by atoms with van der Waals surface area (Å²) < 4.78 is 5.34. The number of para-hydroxylation sites is 1. The fourth-order valence-corrected chi connectivity index (χ4v) is 1.96. The molecule has 96 valence electrons. The van der Waals surface area contributed by atoms with Gasteiger partial charge in [-0.3, -0.25) is 0 Å². The summed E-state index contributed by atoms with van der Waals surface area (Å²) in [5, 5.41) is 3.04. The molecule has 0 saturated carbocycles. The Morgan fingerprint density at radius 1 is 1.21 bits per heavy atom. The van der Waals surface area contributed by atoms with Gasteiger partial charge in [-0.15, -0.1) is 0 Å². The van der Waals surface area contributed by atoms with Crippen molar-refractivity contribution in [3.63, 3.8) is 0 Å². The number of nitrogens with zero attached hydrogens (tertiary/aromatic N) is 3. The van der Waals surface area contributed by atoms with Gasteiger partial charge in [0.15, 0.2) is 17.3 Å². The highest BCUT2D eigenvalue weighted by molar-refractivity contribution is 5.85. The van der Waals surface area contributed by atoms with Crippen LogP contribution in [0.4, 0.5) is 5.82 Å². The summed E-state index contributed by atoms with van der Waals surface area (Å²) in [5.41, 5.74) is 2.26. The lowest BCUT2D eigenvalue weighted by atomic mass is 10.2. The molecule has 6 nitrogen and oxygen atoms in total. The maximum absolute atomic E-state index is 5.34. The van der Waals surface area contributed by atoms with Gasteiger partial charge >= 0.3 is 0 Å². The van der Waals surface area contributed by atoms with Crippen molar-refractivity contribution < 1.29 is 4.74 Å². The Bertz CT molecular complexity index is 722. The minimum atomic E-state index is 0.585. The number of anilines is 1. The second kappa shape index (κ2) is 4.56. The minimum Gasteiger partial charge on any atom is -0.496 e. The first-order valence-corrected chi connectivity index (χ1v) is 5.85. The van der Waals surface area contributed by atoms with Crippen molar-refractivity contribution in [1.29, 1.82) is 0 Å². The van der Waals surface area contributed by atoms with Crippen molar-refractivity contribution in [2.45, 2.75) is 0 Å². The van der Waals surface area contributed by atoms with E-state index in [-0.39, 0.29) is 0 Å². The summed E-state index contributed by atoms with van der Waals surface area (Å²) in [5.74, 6) is 2.03. The molecule has 2 N–H and O–H groups in total. The predicted octanol–water partition coefficient (Wildman–Crippen LogP) is 2.07. The van der Waals surface area contributed by atoms with Gasteiger partial charge in [-0.25, -0.2) is 15.0 Å². The summed E-state index contributed by atoms with van der Waals surface area (Å²) in [6.45, 7) is 0. The van der Waals surface area contributed by atoms with Crippen LogP contribution in [0.15, 0.2) is 30.6 Å². The van der Waals surface area contributed by atoms with E-state index in [4.69, 9.17) is 4.74 Å². The van der Waals surface area contributed by atoms with Gasteiger partial charge in [-0.2, -0.15) is 0 Å². The van der Waals surface area contributed by atoms with Crippen LogP contribution in [0.25, 0.3) is 22.6 Å². The van der Waals surface area contributed by atoms with Gasteiger partial charge < -0.3 is 15.0 Å². The van der Waals surface area contributed by atoms with Crippen LogP contribution in [0.3, 0.4) is 0 Å². The lowest BCUT2D eigenvalue weighted by Crippen LogP contribution is -1.99. The second-order valence-electron chi connectivity index (χ2n) is 3.95. The first-order valence-electron chi connectivity index (χ1n) is 5.85. The smallest absolute Gasteiger partial charge is 0.183 e. The number of rotatable bonds is 3. The van der Waals surface area contributed by atoms with Crippen LogP contribution in [0.2, 0.25) is 0 Å². The van der Waals surface area contributed by atoms with Crippen LogP contribution < -0.4 is 10.1 Å². The van der Waals surface area contributed by atoms with Crippen LogP contribution in [0.5, 0.6) is 5.75 Å². The van der Waals surface area contributed by atoms with E-state index in [1.165, 1.54) is 0 Å². The highest BCUT2D eigenvalue weighted by Gasteiger charge is 2.13. The fraction of sp³-hybridized carbons (Fsp3) is 0.154. The number of nitrogens with one attached hydrogen (secondary N) is 2. The quantitative estimate of drug-likeness (QED) is 0.749. The molecular weight excluding hydrogens is 242 g/mol. The zero-order chi connectivity index (χ0) is 13.2. The number of benzene rings is 1. The van der Waals surface area contributed by atoms with Crippen LogP contribution in [0.1, 0.15) is 0 Å². The Balaban J connectivity index is 2.24. The van der Waals surface area contributed by atoms with E-state index in [1.54, 1.807) is 13.4 Å². The maximum Gasteiger partial charge on any atom is 0.183 e. The third-order valence-corrected chi connectivity index (χ3v) is 2.87. The van der Waals surface area contributed by atoms with Crippen molar-refractivity contribution in [3.05, 3.63) is 30.6 Å². The minimum absolute atomic E-state index is 0.585. The van der Waals surface area contributed by atoms with E-state index in [1.807, 2.05) is 31.3 Å². The SMILES string of the molecule is CNc1nc(-c2ccccc2OC)nc2nc[nH]c12. The van der Waals surface area contributed by atoms with Crippen molar-refractivity contribution in [2.24, 2.45) is 0 Å². The summed E-state index contributed by atoms with van der Waals surface area (Å²) in [4.78, 5) is 16.1. The number of hydrogen-bond donors (Lipinski definition) is 2. The molecular formula is C13H13N5O. The molecule has 0 fully saturated rings. The Morgan fingerprint density at radius 3 is 2.84 bits per heavy atom. The molecule has 0 aliphatic heterocycles. The van der Waals surface area contributed by atoms with Gasteiger partial charge in [0, 0.05) is 7.05 Å². The highest BCUT2D eigenvalue weighted by atomic mass is 16.5.